The Hall–Kier alpha value is -3.94. The van der Waals surface area contributed by atoms with Gasteiger partial charge in [0.15, 0.2) is 0 Å². The number of nitrogens with zero attached hydrogens (tertiary/aromatic N) is 1. The number of aromatic amines is 1. The van der Waals surface area contributed by atoms with E-state index in [-0.39, 0.29) is 18.7 Å². The molecule has 0 spiro atoms. The molecule has 0 saturated heterocycles. The molecule has 0 radical (unpaired) electrons. The molecular weight excluding hydrogens is 401 g/mol. The van der Waals surface area contributed by atoms with Crippen molar-refractivity contribution in [1.82, 2.24) is 15.3 Å². The number of rotatable bonds is 7. The van der Waals surface area contributed by atoms with Gasteiger partial charge in [0.25, 0.3) is 0 Å². The SMILES string of the molecule is Cc1oc(-c2ccccc2)nc1CC(=O)N[C@H](Cc1c[nH]c2cc(F)ccc12)C(=O)O. The average Bonchev–Trinajstić information content (AvgIpc) is 3.31. The number of amides is 1. The molecular formula is C23H20FN3O4. The zero-order valence-electron chi connectivity index (χ0n) is 16.7. The lowest BCUT2D eigenvalue weighted by atomic mass is 10.0. The van der Waals surface area contributed by atoms with Crippen LogP contribution in [0.3, 0.4) is 0 Å². The third-order valence-corrected chi connectivity index (χ3v) is 5.03. The van der Waals surface area contributed by atoms with Crippen LogP contribution in [-0.4, -0.2) is 33.0 Å². The van der Waals surface area contributed by atoms with E-state index >= 15 is 0 Å². The van der Waals surface area contributed by atoms with Gasteiger partial charge in [-0.3, -0.25) is 4.79 Å². The van der Waals surface area contributed by atoms with E-state index < -0.39 is 17.9 Å². The van der Waals surface area contributed by atoms with Crippen molar-refractivity contribution in [2.24, 2.45) is 0 Å². The highest BCUT2D eigenvalue weighted by atomic mass is 19.1. The Morgan fingerprint density at radius 2 is 2.00 bits per heavy atom. The van der Waals surface area contributed by atoms with Crippen LogP contribution in [-0.2, 0) is 22.4 Å². The van der Waals surface area contributed by atoms with Crippen molar-refractivity contribution < 1.29 is 23.5 Å². The molecule has 158 valence electrons. The Balaban J connectivity index is 1.47. The summed E-state index contributed by atoms with van der Waals surface area (Å²) in [5, 5.41) is 12.8. The van der Waals surface area contributed by atoms with Crippen molar-refractivity contribution in [1.29, 1.82) is 0 Å². The van der Waals surface area contributed by atoms with Gasteiger partial charge in [0.1, 0.15) is 17.6 Å². The normalized spacial score (nSPS) is 12.1. The first-order valence-corrected chi connectivity index (χ1v) is 9.70. The van der Waals surface area contributed by atoms with E-state index in [0.29, 0.717) is 33.8 Å². The van der Waals surface area contributed by atoms with Crippen molar-refractivity contribution >= 4 is 22.8 Å². The van der Waals surface area contributed by atoms with Gasteiger partial charge in [-0.1, -0.05) is 18.2 Å². The van der Waals surface area contributed by atoms with Crippen molar-refractivity contribution in [2.75, 3.05) is 0 Å². The number of halogens is 1. The highest BCUT2D eigenvalue weighted by Gasteiger charge is 2.23. The van der Waals surface area contributed by atoms with Gasteiger partial charge in [0.2, 0.25) is 11.8 Å². The quantitative estimate of drug-likeness (QED) is 0.422. The number of oxazole rings is 1. The van der Waals surface area contributed by atoms with Crippen LogP contribution in [0, 0.1) is 12.7 Å². The molecule has 0 saturated carbocycles. The molecule has 1 amide bonds. The summed E-state index contributed by atoms with van der Waals surface area (Å²) in [7, 11) is 0. The smallest absolute Gasteiger partial charge is 0.326 e. The molecule has 2 aromatic carbocycles. The number of fused-ring (bicyclic) bond motifs is 1. The molecule has 0 fully saturated rings. The third kappa shape index (κ3) is 4.48. The van der Waals surface area contributed by atoms with Gasteiger partial charge < -0.3 is 19.8 Å². The van der Waals surface area contributed by atoms with E-state index in [0.717, 1.165) is 5.56 Å². The number of carbonyl (C=O) groups excluding carboxylic acids is 1. The monoisotopic (exact) mass is 421 g/mol. The fourth-order valence-corrected chi connectivity index (χ4v) is 3.44. The number of carboxylic acids is 1. The Bertz CT molecular complexity index is 1250. The molecule has 2 aromatic heterocycles. The first kappa shape index (κ1) is 20.3. The summed E-state index contributed by atoms with van der Waals surface area (Å²) in [4.78, 5) is 31.6. The van der Waals surface area contributed by atoms with Gasteiger partial charge in [-0.15, -0.1) is 0 Å². The summed E-state index contributed by atoms with van der Waals surface area (Å²) < 4.78 is 19.0. The Morgan fingerprint density at radius 3 is 2.74 bits per heavy atom. The third-order valence-electron chi connectivity index (χ3n) is 5.03. The topological polar surface area (TPSA) is 108 Å². The molecule has 1 atom stereocenters. The van der Waals surface area contributed by atoms with Crippen molar-refractivity contribution in [3.63, 3.8) is 0 Å². The van der Waals surface area contributed by atoms with Crippen molar-refractivity contribution in [3.05, 3.63) is 77.6 Å². The van der Waals surface area contributed by atoms with Gasteiger partial charge in [0.05, 0.1) is 12.1 Å². The highest BCUT2D eigenvalue weighted by Crippen LogP contribution is 2.22. The van der Waals surface area contributed by atoms with E-state index in [1.165, 1.54) is 12.1 Å². The van der Waals surface area contributed by atoms with E-state index in [1.54, 1.807) is 19.2 Å². The summed E-state index contributed by atoms with van der Waals surface area (Å²) in [5.41, 5.74) is 2.48. The van der Waals surface area contributed by atoms with E-state index in [2.05, 4.69) is 15.3 Å². The summed E-state index contributed by atoms with van der Waals surface area (Å²) in [6.45, 7) is 1.71. The van der Waals surface area contributed by atoms with Gasteiger partial charge in [-0.2, -0.15) is 0 Å². The molecule has 0 aliphatic carbocycles. The van der Waals surface area contributed by atoms with E-state index in [4.69, 9.17) is 4.42 Å². The summed E-state index contributed by atoms with van der Waals surface area (Å²) in [6, 6.07) is 12.4. The van der Waals surface area contributed by atoms with Crippen molar-refractivity contribution in [3.8, 4) is 11.5 Å². The van der Waals surface area contributed by atoms with E-state index in [1.807, 2.05) is 30.3 Å². The van der Waals surface area contributed by atoms with Crippen LogP contribution < -0.4 is 5.32 Å². The van der Waals surface area contributed by atoms with Crippen LogP contribution >= 0.6 is 0 Å². The molecule has 0 aliphatic heterocycles. The maximum Gasteiger partial charge on any atom is 0.326 e. The minimum absolute atomic E-state index is 0.0553. The standard InChI is InChI=1S/C23H20FN3O4/c1-13-18(27-22(31-13)14-5-3-2-4-6-14)11-21(28)26-20(23(29)30)9-15-12-25-19-10-16(24)7-8-17(15)19/h2-8,10,12,20,25H,9,11H2,1H3,(H,26,28)(H,29,30)/t20-/m1/s1. The number of aliphatic carboxylic acids is 1. The van der Waals surface area contributed by atoms with Crippen molar-refractivity contribution in [2.45, 2.75) is 25.8 Å². The predicted octanol–water partition coefficient (Wildman–Crippen LogP) is 3.63. The van der Waals surface area contributed by atoms with Crippen LogP contribution in [0.25, 0.3) is 22.4 Å². The molecule has 3 N–H and O–H groups in total. The Kier molecular flexibility index (Phi) is 5.53. The lowest BCUT2D eigenvalue weighted by Crippen LogP contribution is -2.43. The number of H-pyrrole nitrogens is 1. The molecule has 0 bridgehead atoms. The second-order valence-corrected chi connectivity index (χ2v) is 7.23. The maximum absolute atomic E-state index is 13.4. The van der Waals surface area contributed by atoms with Crippen LogP contribution in [0.5, 0.6) is 0 Å². The number of benzene rings is 2. The number of nitrogens with one attached hydrogen (secondary N) is 2. The second kappa shape index (κ2) is 8.43. The Morgan fingerprint density at radius 1 is 1.23 bits per heavy atom. The summed E-state index contributed by atoms with van der Waals surface area (Å²) in [5.74, 6) is -1.12. The molecule has 2 heterocycles. The molecule has 8 heteroatoms. The lowest BCUT2D eigenvalue weighted by molar-refractivity contribution is -0.141. The minimum atomic E-state index is -1.16. The molecule has 0 aliphatic rings. The number of hydrogen-bond acceptors (Lipinski definition) is 4. The number of aryl methyl sites for hydroxylation is 1. The fourth-order valence-electron chi connectivity index (χ4n) is 3.44. The van der Waals surface area contributed by atoms with Crippen LogP contribution in [0.1, 0.15) is 17.0 Å². The van der Waals surface area contributed by atoms with Gasteiger partial charge in [-0.25, -0.2) is 14.2 Å². The first-order valence-electron chi connectivity index (χ1n) is 9.70. The molecule has 4 rings (SSSR count). The summed E-state index contributed by atoms with van der Waals surface area (Å²) >= 11 is 0. The molecule has 0 unspecified atom stereocenters. The van der Waals surface area contributed by atoms with Gasteiger partial charge in [-0.05, 0) is 42.8 Å². The lowest BCUT2D eigenvalue weighted by Gasteiger charge is -2.14. The van der Waals surface area contributed by atoms with Crippen LogP contribution in [0.15, 0.2) is 59.1 Å². The van der Waals surface area contributed by atoms with Gasteiger partial charge in [0, 0.05) is 29.1 Å². The Labute approximate surface area is 176 Å². The van der Waals surface area contributed by atoms with Crippen LogP contribution in [0.4, 0.5) is 4.39 Å². The number of carboxylic acid groups (broad SMARTS) is 1. The average molecular weight is 421 g/mol. The fraction of sp³-hybridized carbons (Fsp3) is 0.174. The predicted molar refractivity (Wildman–Crippen MR) is 112 cm³/mol. The van der Waals surface area contributed by atoms with E-state index in [9.17, 15) is 19.1 Å². The number of hydrogen-bond donors (Lipinski definition) is 3. The summed E-state index contributed by atoms with van der Waals surface area (Å²) in [6.07, 6.45) is 1.57. The maximum atomic E-state index is 13.4. The van der Waals surface area contributed by atoms with Gasteiger partial charge >= 0.3 is 5.97 Å². The second-order valence-electron chi connectivity index (χ2n) is 7.23. The largest absolute Gasteiger partial charge is 0.480 e. The first-order chi connectivity index (χ1) is 14.9. The molecule has 7 nitrogen and oxygen atoms in total. The minimum Gasteiger partial charge on any atom is -0.480 e. The number of carbonyl (C=O) groups is 2. The zero-order chi connectivity index (χ0) is 22.0. The zero-order valence-corrected chi connectivity index (χ0v) is 16.7. The molecule has 4 aromatic rings. The highest BCUT2D eigenvalue weighted by molar-refractivity contribution is 5.87. The number of aromatic nitrogens is 2. The molecule has 31 heavy (non-hydrogen) atoms. The van der Waals surface area contributed by atoms with Crippen LogP contribution in [0.2, 0.25) is 0 Å².